The SMILES string of the molecule is NCC1(CNc2nc(N3CCS(O)(O)c4ccccc4C3)nc3ccc(C(O)c4c(C=O)ccc5nc(N6CCSc7ccccc7C6)nc(OCc6ccccc6)c45)cc23)COC1. The van der Waals surface area contributed by atoms with E-state index in [-0.39, 0.29) is 29.2 Å². The number of aliphatic hydroxyl groups excluding tert-OH is 1. The average Bonchev–Trinajstić information content (AvgIpc) is 3.62. The van der Waals surface area contributed by atoms with Gasteiger partial charge in [0.05, 0.1) is 40.3 Å². The van der Waals surface area contributed by atoms with Crippen LogP contribution in [0.1, 0.15) is 44.3 Å². The van der Waals surface area contributed by atoms with Crippen LogP contribution in [-0.4, -0.2) is 91.3 Å². The van der Waals surface area contributed by atoms with Crippen molar-refractivity contribution in [3.05, 3.63) is 143 Å². The highest BCUT2D eigenvalue weighted by atomic mass is 32.3. The standard InChI is InChI=1S/C48H48N8O6S2/c49-27-48(29-61-30-48)28-50-44-36-22-32(14-16-37(36)51-46(53-44)56-19-21-64(59,60)40-13-7-5-11-34(40)24-56)43(58)41-35(25-57)15-17-38-42(41)45(62-26-31-8-2-1-3-9-31)54-47(52-38)55-18-20-63-39-12-6-4-10-33(39)23-55/h1-17,22,25,43,58-60H,18-21,23-24,26-30,49H2,(H,50,51,53). The maximum atomic E-state index is 12.9. The quantitative estimate of drug-likeness (QED) is 0.0750. The molecule has 1 fully saturated rings. The highest BCUT2D eigenvalue weighted by molar-refractivity contribution is 8.24. The van der Waals surface area contributed by atoms with E-state index in [1.54, 1.807) is 36.0 Å². The summed E-state index contributed by atoms with van der Waals surface area (Å²) in [7, 11) is -3.02. The average molecular weight is 897 g/mol. The summed E-state index contributed by atoms with van der Waals surface area (Å²) in [5, 5.41) is 17.2. The zero-order valence-electron chi connectivity index (χ0n) is 35.0. The van der Waals surface area contributed by atoms with Crippen LogP contribution in [0, 0.1) is 5.41 Å². The van der Waals surface area contributed by atoms with Crippen LogP contribution in [0.2, 0.25) is 0 Å². The molecule has 5 aromatic carbocycles. The molecule has 3 aliphatic heterocycles. The molecule has 7 aromatic rings. The molecule has 1 unspecified atom stereocenters. The number of anilines is 3. The number of hydrogen-bond acceptors (Lipinski definition) is 15. The van der Waals surface area contributed by atoms with Gasteiger partial charge in [-0.15, -0.1) is 11.8 Å². The second-order valence-corrected chi connectivity index (χ2v) is 19.9. The summed E-state index contributed by atoms with van der Waals surface area (Å²) in [5.74, 6) is 2.66. The third-order valence-electron chi connectivity index (χ3n) is 12.3. The topological polar surface area (TPSA) is 192 Å². The Labute approximate surface area is 376 Å². The first-order valence-corrected chi connectivity index (χ1v) is 23.9. The van der Waals surface area contributed by atoms with Crippen LogP contribution in [0.5, 0.6) is 5.88 Å². The van der Waals surface area contributed by atoms with Crippen LogP contribution in [0.4, 0.5) is 17.7 Å². The van der Waals surface area contributed by atoms with E-state index in [0.717, 1.165) is 23.2 Å². The van der Waals surface area contributed by atoms with Gasteiger partial charge in [-0.25, -0.2) is 9.97 Å². The van der Waals surface area contributed by atoms with Crippen LogP contribution in [-0.2, 0) is 24.4 Å². The zero-order valence-corrected chi connectivity index (χ0v) is 36.6. The molecule has 10 rings (SSSR count). The van der Waals surface area contributed by atoms with Crippen LogP contribution >= 0.6 is 22.4 Å². The van der Waals surface area contributed by atoms with Gasteiger partial charge in [0.15, 0.2) is 0 Å². The van der Waals surface area contributed by atoms with Crippen molar-refractivity contribution in [3.63, 3.8) is 0 Å². The number of aromatic nitrogens is 4. The lowest BCUT2D eigenvalue weighted by molar-refractivity contribution is -0.0979. The van der Waals surface area contributed by atoms with Crippen molar-refractivity contribution in [1.82, 2.24) is 19.9 Å². The van der Waals surface area contributed by atoms with Crippen molar-refractivity contribution in [2.24, 2.45) is 11.1 Å². The summed E-state index contributed by atoms with van der Waals surface area (Å²) in [6.45, 7) is 4.13. The number of carbonyl (C=O) groups excluding carboxylic acids is 1. The summed E-state index contributed by atoms with van der Waals surface area (Å²) in [5.41, 5.74) is 11.1. The van der Waals surface area contributed by atoms with Gasteiger partial charge in [-0.1, -0.05) is 72.8 Å². The minimum atomic E-state index is -3.02. The molecule has 5 heterocycles. The number of hydrogen-bond donors (Lipinski definition) is 5. The molecule has 6 N–H and O–H groups in total. The maximum Gasteiger partial charge on any atom is 0.229 e. The van der Waals surface area contributed by atoms with Crippen molar-refractivity contribution in [2.75, 3.05) is 66.0 Å². The van der Waals surface area contributed by atoms with E-state index in [0.29, 0.717) is 108 Å². The van der Waals surface area contributed by atoms with Crippen molar-refractivity contribution in [3.8, 4) is 5.88 Å². The Morgan fingerprint density at radius 3 is 2.38 bits per heavy atom. The predicted molar refractivity (Wildman–Crippen MR) is 252 cm³/mol. The monoisotopic (exact) mass is 896 g/mol. The number of thioether (sulfide) groups is 1. The van der Waals surface area contributed by atoms with Crippen molar-refractivity contribution < 1.29 is 28.5 Å². The van der Waals surface area contributed by atoms with E-state index < -0.39 is 16.7 Å². The Hall–Kier alpha value is -5.85. The van der Waals surface area contributed by atoms with Crippen LogP contribution < -0.4 is 25.6 Å². The number of carbonyl (C=O) groups is 1. The van der Waals surface area contributed by atoms with Crippen LogP contribution in [0.3, 0.4) is 0 Å². The fourth-order valence-corrected chi connectivity index (χ4v) is 11.1. The molecule has 0 bridgehead atoms. The fraction of sp³-hybridized carbons (Fsp3) is 0.271. The molecule has 0 aliphatic carbocycles. The smallest absolute Gasteiger partial charge is 0.229 e. The Kier molecular flexibility index (Phi) is 11.6. The van der Waals surface area contributed by atoms with E-state index >= 15 is 0 Å². The summed E-state index contributed by atoms with van der Waals surface area (Å²) in [6.07, 6.45) is -0.584. The first-order valence-electron chi connectivity index (χ1n) is 21.2. The third kappa shape index (κ3) is 8.22. The number of nitrogens with one attached hydrogen (secondary N) is 1. The van der Waals surface area contributed by atoms with Gasteiger partial charge in [-0.3, -0.25) is 13.9 Å². The Balaban J connectivity index is 1.07. The van der Waals surface area contributed by atoms with Gasteiger partial charge in [0.25, 0.3) is 0 Å². The number of aliphatic hydroxyl groups is 1. The van der Waals surface area contributed by atoms with Crippen LogP contribution in [0.25, 0.3) is 21.8 Å². The van der Waals surface area contributed by atoms with E-state index in [1.165, 1.54) is 10.5 Å². The molecule has 0 amide bonds. The van der Waals surface area contributed by atoms with Gasteiger partial charge in [0.1, 0.15) is 24.8 Å². The van der Waals surface area contributed by atoms with Gasteiger partial charge < -0.3 is 35.4 Å². The summed E-state index contributed by atoms with van der Waals surface area (Å²) >= 11 is 1.80. The van der Waals surface area contributed by atoms with Crippen molar-refractivity contribution >= 4 is 68.2 Å². The Morgan fingerprint density at radius 2 is 1.58 bits per heavy atom. The number of aldehydes is 1. The summed E-state index contributed by atoms with van der Waals surface area (Å²) in [6, 6.07) is 34.4. The molecule has 64 heavy (non-hydrogen) atoms. The summed E-state index contributed by atoms with van der Waals surface area (Å²) in [4.78, 5) is 39.0. The molecule has 16 heteroatoms. The second-order valence-electron chi connectivity index (χ2n) is 16.6. The van der Waals surface area contributed by atoms with Gasteiger partial charge in [0, 0.05) is 71.8 Å². The summed E-state index contributed by atoms with van der Waals surface area (Å²) < 4.78 is 34.3. The lowest BCUT2D eigenvalue weighted by Crippen LogP contribution is -2.52. The van der Waals surface area contributed by atoms with E-state index in [2.05, 4.69) is 28.4 Å². The normalized spacial score (nSPS) is 17.6. The number of benzene rings is 5. The molecule has 14 nitrogen and oxygen atoms in total. The lowest BCUT2D eigenvalue weighted by Gasteiger charge is -2.40. The van der Waals surface area contributed by atoms with Gasteiger partial charge in [-0.05, 0) is 58.7 Å². The molecular weight excluding hydrogens is 849 g/mol. The van der Waals surface area contributed by atoms with E-state index in [1.807, 2.05) is 71.6 Å². The van der Waals surface area contributed by atoms with Crippen LogP contribution in [0.15, 0.2) is 119 Å². The minimum Gasteiger partial charge on any atom is -0.472 e. The third-order valence-corrected chi connectivity index (χ3v) is 15.2. The predicted octanol–water partition coefficient (Wildman–Crippen LogP) is 7.68. The molecule has 0 radical (unpaired) electrons. The van der Waals surface area contributed by atoms with E-state index in [4.69, 9.17) is 35.1 Å². The highest BCUT2D eigenvalue weighted by Gasteiger charge is 2.37. The lowest BCUT2D eigenvalue weighted by atomic mass is 9.86. The molecule has 1 saturated heterocycles. The minimum absolute atomic E-state index is 0.129. The molecule has 3 aliphatic rings. The molecule has 328 valence electrons. The maximum absolute atomic E-state index is 12.9. The van der Waals surface area contributed by atoms with Crippen molar-refractivity contribution in [1.29, 1.82) is 0 Å². The number of ether oxygens (including phenoxy) is 2. The van der Waals surface area contributed by atoms with Gasteiger partial charge >= 0.3 is 0 Å². The zero-order chi connectivity index (χ0) is 43.8. The second kappa shape index (κ2) is 17.6. The number of rotatable bonds is 12. The number of nitrogens with two attached hydrogens (primary N) is 1. The number of fused-ring (bicyclic) bond motifs is 4. The first kappa shape index (κ1) is 42.1. The van der Waals surface area contributed by atoms with Crippen molar-refractivity contribution in [2.45, 2.75) is 35.6 Å². The highest BCUT2D eigenvalue weighted by Crippen LogP contribution is 2.51. The Morgan fingerprint density at radius 1 is 0.859 bits per heavy atom. The van der Waals surface area contributed by atoms with Gasteiger partial charge in [-0.2, -0.15) is 20.6 Å². The number of nitrogens with zero attached hydrogens (tertiary/aromatic N) is 6. The van der Waals surface area contributed by atoms with E-state index in [9.17, 15) is 19.0 Å². The molecule has 0 spiro atoms. The largest absolute Gasteiger partial charge is 0.472 e. The first-order chi connectivity index (χ1) is 31.2. The molecule has 0 saturated carbocycles. The molecule has 1 atom stereocenters. The Bertz CT molecular complexity index is 2860. The molecular formula is C48H48N8O6S2. The molecule has 2 aromatic heterocycles. The fourth-order valence-electron chi connectivity index (χ4n) is 8.54. The van der Waals surface area contributed by atoms with Gasteiger partial charge in [0.2, 0.25) is 17.8 Å².